The van der Waals surface area contributed by atoms with E-state index < -0.39 is 0 Å². The van der Waals surface area contributed by atoms with Crippen LogP contribution >= 0.6 is 0 Å². The molecule has 3 aliphatic rings. The van der Waals surface area contributed by atoms with Crippen molar-refractivity contribution in [2.75, 3.05) is 13.2 Å². The first-order valence-corrected chi connectivity index (χ1v) is 7.64. The summed E-state index contributed by atoms with van der Waals surface area (Å²) in [6.45, 7) is 7.56. The number of carbonyl (C=O) groups is 2. The second-order valence-corrected chi connectivity index (χ2v) is 6.04. The van der Waals surface area contributed by atoms with Gasteiger partial charge in [0, 0.05) is 11.1 Å². The number of allylic oxidation sites excluding steroid dienone is 2. The summed E-state index contributed by atoms with van der Waals surface area (Å²) in [5.74, 6) is 0.720. The molecule has 0 aliphatic heterocycles. The van der Waals surface area contributed by atoms with Crippen LogP contribution in [0, 0.1) is 23.7 Å². The standard InChI is InChI=1S/C18H20O4/c1-3-5-21-17(19)12-9-13-11-7-15(14(13)10-12)16(8-11)18(20)22-6-4-2/h3-4,8-9,11,13-15H,1-2,5-7,10H2. The van der Waals surface area contributed by atoms with Gasteiger partial charge in [-0.15, -0.1) is 0 Å². The highest BCUT2D eigenvalue weighted by molar-refractivity contribution is 5.92. The van der Waals surface area contributed by atoms with Gasteiger partial charge in [-0.05, 0) is 36.5 Å². The summed E-state index contributed by atoms with van der Waals surface area (Å²) in [7, 11) is 0. The van der Waals surface area contributed by atoms with E-state index in [9.17, 15) is 9.59 Å². The first-order valence-electron chi connectivity index (χ1n) is 7.64. The molecule has 0 amide bonds. The molecule has 0 aromatic rings. The molecule has 0 N–H and O–H groups in total. The molecule has 0 aromatic heterocycles. The number of esters is 2. The van der Waals surface area contributed by atoms with Gasteiger partial charge in [0.25, 0.3) is 0 Å². The number of hydrogen-bond acceptors (Lipinski definition) is 4. The maximum absolute atomic E-state index is 12.1. The zero-order valence-electron chi connectivity index (χ0n) is 12.5. The van der Waals surface area contributed by atoms with Crippen LogP contribution in [0.15, 0.2) is 48.6 Å². The van der Waals surface area contributed by atoms with E-state index in [2.05, 4.69) is 13.2 Å². The number of fused-ring (bicyclic) bond motifs is 5. The van der Waals surface area contributed by atoms with E-state index in [4.69, 9.17) is 9.47 Å². The summed E-state index contributed by atoms with van der Waals surface area (Å²) in [5, 5.41) is 0. The molecule has 4 nitrogen and oxygen atoms in total. The van der Waals surface area contributed by atoms with Crippen molar-refractivity contribution >= 4 is 11.9 Å². The number of hydrogen-bond donors (Lipinski definition) is 0. The molecule has 1 fully saturated rings. The second-order valence-electron chi connectivity index (χ2n) is 6.04. The van der Waals surface area contributed by atoms with Crippen molar-refractivity contribution in [1.29, 1.82) is 0 Å². The fraction of sp³-hybridized carbons (Fsp3) is 0.444. The zero-order valence-corrected chi connectivity index (χ0v) is 12.5. The summed E-state index contributed by atoms with van der Waals surface area (Å²) < 4.78 is 10.3. The number of ether oxygens (including phenoxy) is 2. The molecule has 1 saturated carbocycles. The number of carbonyl (C=O) groups excluding carboxylic acids is 2. The first kappa shape index (κ1) is 14.8. The van der Waals surface area contributed by atoms with E-state index in [1.54, 1.807) is 12.2 Å². The number of rotatable bonds is 6. The van der Waals surface area contributed by atoms with Crippen LogP contribution in [0.1, 0.15) is 12.8 Å². The average Bonchev–Trinajstić information content (AvgIpc) is 3.20. The Kier molecular flexibility index (Phi) is 4.01. The van der Waals surface area contributed by atoms with Crippen LogP contribution in [-0.4, -0.2) is 25.2 Å². The Morgan fingerprint density at radius 2 is 1.82 bits per heavy atom. The highest BCUT2D eigenvalue weighted by atomic mass is 16.5. The molecule has 4 heteroatoms. The van der Waals surface area contributed by atoms with Crippen LogP contribution in [0.5, 0.6) is 0 Å². The van der Waals surface area contributed by atoms with Gasteiger partial charge >= 0.3 is 11.9 Å². The fourth-order valence-electron chi connectivity index (χ4n) is 4.00. The minimum absolute atomic E-state index is 0.202. The maximum Gasteiger partial charge on any atom is 0.334 e. The fourth-order valence-corrected chi connectivity index (χ4v) is 4.00. The minimum Gasteiger partial charge on any atom is -0.458 e. The molecule has 0 spiro atoms. The summed E-state index contributed by atoms with van der Waals surface area (Å²) in [4.78, 5) is 24.0. The van der Waals surface area contributed by atoms with Crippen LogP contribution < -0.4 is 0 Å². The quantitative estimate of drug-likeness (QED) is 0.559. The van der Waals surface area contributed by atoms with Gasteiger partial charge in [-0.1, -0.05) is 37.5 Å². The van der Waals surface area contributed by atoms with Crippen molar-refractivity contribution in [3.63, 3.8) is 0 Å². The molecule has 22 heavy (non-hydrogen) atoms. The Morgan fingerprint density at radius 3 is 2.50 bits per heavy atom. The van der Waals surface area contributed by atoms with Crippen LogP contribution in [0.25, 0.3) is 0 Å². The van der Waals surface area contributed by atoms with E-state index in [-0.39, 0.29) is 31.1 Å². The third-order valence-electron chi connectivity index (χ3n) is 4.84. The lowest BCUT2D eigenvalue weighted by Crippen LogP contribution is -2.23. The third kappa shape index (κ3) is 2.43. The van der Waals surface area contributed by atoms with Crippen LogP contribution in [0.2, 0.25) is 0 Å². The Bertz CT molecular complexity index is 584. The Hall–Kier alpha value is -2.10. The lowest BCUT2D eigenvalue weighted by atomic mass is 9.81. The van der Waals surface area contributed by atoms with Gasteiger partial charge in [-0.25, -0.2) is 9.59 Å². The van der Waals surface area contributed by atoms with Crippen molar-refractivity contribution in [2.24, 2.45) is 23.7 Å². The molecular formula is C18H20O4. The predicted molar refractivity (Wildman–Crippen MR) is 81.7 cm³/mol. The Balaban J connectivity index is 1.67. The van der Waals surface area contributed by atoms with Crippen molar-refractivity contribution in [3.05, 3.63) is 48.6 Å². The summed E-state index contributed by atoms with van der Waals surface area (Å²) in [6.07, 6.45) is 8.88. The normalized spacial score (nSPS) is 31.1. The summed E-state index contributed by atoms with van der Waals surface area (Å²) in [5.41, 5.74) is 1.52. The van der Waals surface area contributed by atoms with Gasteiger partial charge in [0.15, 0.2) is 0 Å². The maximum atomic E-state index is 12.1. The molecule has 3 aliphatic carbocycles. The van der Waals surface area contributed by atoms with Crippen molar-refractivity contribution in [3.8, 4) is 0 Å². The van der Waals surface area contributed by atoms with Gasteiger partial charge in [-0.2, -0.15) is 0 Å². The first-order chi connectivity index (χ1) is 10.7. The third-order valence-corrected chi connectivity index (χ3v) is 4.84. The van der Waals surface area contributed by atoms with Gasteiger partial charge in [0.05, 0.1) is 0 Å². The van der Waals surface area contributed by atoms with Crippen LogP contribution in [0.4, 0.5) is 0 Å². The summed E-state index contributed by atoms with van der Waals surface area (Å²) >= 11 is 0. The van der Waals surface area contributed by atoms with Crippen molar-refractivity contribution in [2.45, 2.75) is 12.8 Å². The van der Waals surface area contributed by atoms with E-state index in [1.165, 1.54) is 0 Å². The van der Waals surface area contributed by atoms with Crippen LogP contribution in [0.3, 0.4) is 0 Å². The highest BCUT2D eigenvalue weighted by Crippen LogP contribution is 2.57. The van der Waals surface area contributed by atoms with Crippen molar-refractivity contribution in [1.82, 2.24) is 0 Å². The van der Waals surface area contributed by atoms with Gasteiger partial charge in [0.2, 0.25) is 0 Å². The van der Waals surface area contributed by atoms with E-state index >= 15 is 0 Å². The molecule has 3 rings (SSSR count). The highest BCUT2D eigenvalue weighted by Gasteiger charge is 2.52. The second kappa shape index (κ2) is 5.95. The van der Waals surface area contributed by atoms with Gasteiger partial charge < -0.3 is 9.47 Å². The Morgan fingerprint density at radius 1 is 1.14 bits per heavy atom. The van der Waals surface area contributed by atoms with Gasteiger partial charge in [-0.3, -0.25) is 0 Å². The minimum atomic E-state index is -0.260. The predicted octanol–water partition coefficient (Wildman–Crippen LogP) is 2.58. The SMILES string of the molecule is C=CCOC(=O)C1=CC2C3C=C(C(=O)OCC=C)C(C3)C2C1. The molecule has 116 valence electrons. The van der Waals surface area contributed by atoms with E-state index in [1.807, 2.05) is 12.2 Å². The molecule has 0 radical (unpaired) electrons. The molecule has 4 atom stereocenters. The lowest BCUT2D eigenvalue weighted by molar-refractivity contribution is -0.138. The molecule has 0 aromatic carbocycles. The largest absolute Gasteiger partial charge is 0.458 e. The zero-order chi connectivity index (χ0) is 15.7. The molecule has 0 heterocycles. The molecular weight excluding hydrogens is 280 g/mol. The van der Waals surface area contributed by atoms with Crippen LogP contribution in [-0.2, 0) is 19.1 Å². The molecule has 2 bridgehead atoms. The monoisotopic (exact) mass is 300 g/mol. The molecule has 4 unspecified atom stereocenters. The van der Waals surface area contributed by atoms with Crippen molar-refractivity contribution < 1.29 is 19.1 Å². The van der Waals surface area contributed by atoms with E-state index in [0.717, 1.165) is 17.6 Å². The van der Waals surface area contributed by atoms with Gasteiger partial charge in [0.1, 0.15) is 13.2 Å². The smallest absolute Gasteiger partial charge is 0.334 e. The summed E-state index contributed by atoms with van der Waals surface area (Å²) in [6, 6.07) is 0. The Labute approximate surface area is 130 Å². The van der Waals surface area contributed by atoms with E-state index in [0.29, 0.717) is 24.2 Å². The lowest BCUT2D eigenvalue weighted by Gasteiger charge is -2.23. The topological polar surface area (TPSA) is 52.6 Å². The average molecular weight is 300 g/mol. The molecule has 0 saturated heterocycles.